The molecule has 1 aromatic rings. The first-order valence-electron chi connectivity index (χ1n) is 8.67. The predicted molar refractivity (Wildman–Crippen MR) is 91.5 cm³/mol. The van der Waals surface area contributed by atoms with Crippen molar-refractivity contribution < 1.29 is 18.7 Å². The molecule has 0 spiro atoms. The highest BCUT2D eigenvalue weighted by molar-refractivity contribution is 6.30. The molecule has 1 unspecified atom stereocenters. The summed E-state index contributed by atoms with van der Waals surface area (Å²) < 4.78 is 19.3. The van der Waals surface area contributed by atoms with E-state index in [2.05, 4.69) is 5.32 Å². The van der Waals surface area contributed by atoms with Gasteiger partial charge >= 0.3 is 0 Å². The fourth-order valence-corrected chi connectivity index (χ4v) is 3.54. The van der Waals surface area contributed by atoms with E-state index >= 15 is 0 Å². The lowest BCUT2D eigenvalue weighted by atomic mass is 9.95. The fraction of sp³-hybridized carbons (Fsp3) is 0.556. The monoisotopic (exact) mass is 368 g/mol. The second-order valence-corrected chi connectivity index (χ2v) is 6.94. The summed E-state index contributed by atoms with van der Waals surface area (Å²) >= 11 is 5.74. The highest BCUT2D eigenvalue weighted by Crippen LogP contribution is 2.22. The number of carbonyl (C=O) groups excluding carboxylic acids is 2. The van der Waals surface area contributed by atoms with Crippen LogP contribution in [0.3, 0.4) is 0 Å². The van der Waals surface area contributed by atoms with Crippen LogP contribution in [0.15, 0.2) is 18.2 Å². The molecule has 136 valence electrons. The zero-order chi connectivity index (χ0) is 17.8. The standard InChI is InChI=1S/C18H22ClFN2O3/c19-14-4-1-3-13(16(14)20)11-21-17(23)12-6-8-22(9-7-12)18(24)15-5-2-10-25-15/h1,3-4,12,15H,2,5-11H2,(H,21,23). The third kappa shape index (κ3) is 4.30. The van der Waals surface area contributed by atoms with Gasteiger partial charge in [0, 0.05) is 37.7 Å². The number of hydrogen-bond donors (Lipinski definition) is 1. The zero-order valence-corrected chi connectivity index (χ0v) is 14.7. The molecule has 7 heteroatoms. The Hall–Kier alpha value is -1.66. The van der Waals surface area contributed by atoms with E-state index in [1.54, 1.807) is 17.0 Å². The van der Waals surface area contributed by atoms with E-state index in [0.29, 0.717) is 38.1 Å². The normalized spacial score (nSPS) is 21.4. The number of amides is 2. The quantitative estimate of drug-likeness (QED) is 0.888. The molecule has 0 aliphatic carbocycles. The zero-order valence-electron chi connectivity index (χ0n) is 14.0. The highest BCUT2D eigenvalue weighted by Gasteiger charge is 2.32. The number of nitrogens with zero attached hydrogens (tertiary/aromatic N) is 1. The minimum atomic E-state index is -0.499. The molecule has 25 heavy (non-hydrogen) atoms. The van der Waals surface area contributed by atoms with Gasteiger partial charge in [-0.05, 0) is 31.7 Å². The Morgan fingerprint density at radius 2 is 2.04 bits per heavy atom. The highest BCUT2D eigenvalue weighted by atomic mass is 35.5. The van der Waals surface area contributed by atoms with Gasteiger partial charge in [0.1, 0.15) is 11.9 Å². The van der Waals surface area contributed by atoms with Crippen molar-refractivity contribution in [1.29, 1.82) is 0 Å². The molecule has 2 amide bonds. The van der Waals surface area contributed by atoms with Gasteiger partial charge in [-0.1, -0.05) is 23.7 Å². The Balaban J connectivity index is 1.46. The van der Waals surface area contributed by atoms with Gasteiger partial charge in [0.15, 0.2) is 0 Å². The van der Waals surface area contributed by atoms with Crippen LogP contribution in [0.2, 0.25) is 5.02 Å². The number of piperidine rings is 1. The van der Waals surface area contributed by atoms with Gasteiger partial charge in [-0.2, -0.15) is 0 Å². The van der Waals surface area contributed by atoms with Gasteiger partial charge in [0.05, 0.1) is 5.02 Å². The third-order valence-corrected chi connectivity index (χ3v) is 5.16. The van der Waals surface area contributed by atoms with Crippen LogP contribution >= 0.6 is 11.6 Å². The van der Waals surface area contributed by atoms with Crippen LogP contribution in [0.25, 0.3) is 0 Å². The number of hydrogen-bond acceptors (Lipinski definition) is 3. The molecule has 0 saturated carbocycles. The van der Waals surface area contributed by atoms with Gasteiger partial charge in [-0.3, -0.25) is 9.59 Å². The Morgan fingerprint density at radius 3 is 2.72 bits per heavy atom. The second-order valence-electron chi connectivity index (χ2n) is 6.53. The van der Waals surface area contributed by atoms with E-state index in [4.69, 9.17) is 16.3 Å². The molecule has 3 rings (SSSR count). The fourth-order valence-electron chi connectivity index (χ4n) is 3.35. The number of carbonyl (C=O) groups is 2. The first-order valence-corrected chi connectivity index (χ1v) is 9.05. The van der Waals surface area contributed by atoms with Crippen LogP contribution in [0.5, 0.6) is 0 Å². The molecule has 0 aromatic heterocycles. The van der Waals surface area contributed by atoms with E-state index in [1.165, 1.54) is 6.07 Å². The van der Waals surface area contributed by atoms with Crippen molar-refractivity contribution in [2.75, 3.05) is 19.7 Å². The van der Waals surface area contributed by atoms with Gasteiger partial charge in [0.2, 0.25) is 5.91 Å². The maximum Gasteiger partial charge on any atom is 0.251 e. The summed E-state index contributed by atoms with van der Waals surface area (Å²) in [5.41, 5.74) is 0.367. The van der Waals surface area contributed by atoms with Crippen LogP contribution in [0, 0.1) is 11.7 Å². The lowest BCUT2D eigenvalue weighted by Gasteiger charge is -2.32. The molecule has 1 atom stereocenters. The topological polar surface area (TPSA) is 58.6 Å². The molecule has 2 heterocycles. The second kappa shape index (κ2) is 8.15. The summed E-state index contributed by atoms with van der Waals surface area (Å²) in [6.07, 6.45) is 2.63. The van der Waals surface area contributed by atoms with Gasteiger partial charge in [0.25, 0.3) is 5.91 Å². The summed E-state index contributed by atoms with van der Waals surface area (Å²) in [4.78, 5) is 26.4. The number of nitrogens with one attached hydrogen (secondary N) is 1. The Morgan fingerprint density at radius 1 is 1.28 bits per heavy atom. The first-order chi connectivity index (χ1) is 12.1. The van der Waals surface area contributed by atoms with E-state index in [-0.39, 0.29) is 35.4 Å². The van der Waals surface area contributed by atoms with Crippen molar-refractivity contribution in [3.8, 4) is 0 Å². The summed E-state index contributed by atoms with van der Waals surface area (Å²) in [5.74, 6) is -0.724. The lowest BCUT2D eigenvalue weighted by molar-refractivity contribution is -0.143. The SMILES string of the molecule is O=C(NCc1cccc(Cl)c1F)C1CCN(C(=O)C2CCCO2)CC1. The smallest absolute Gasteiger partial charge is 0.251 e. The average molecular weight is 369 g/mol. The Labute approximate surface area is 151 Å². The molecule has 0 radical (unpaired) electrons. The van der Waals surface area contributed by atoms with Crippen molar-refractivity contribution in [3.05, 3.63) is 34.6 Å². The van der Waals surface area contributed by atoms with E-state index in [1.807, 2.05) is 0 Å². The molecule has 1 aromatic carbocycles. The summed E-state index contributed by atoms with van der Waals surface area (Å²) in [6.45, 7) is 1.88. The van der Waals surface area contributed by atoms with Gasteiger partial charge < -0.3 is 15.0 Å². The molecular formula is C18H22ClFN2O3. The molecule has 2 fully saturated rings. The van der Waals surface area contributed by atoms with Gasteiger partial charge in [-0.15, -0.1) is 0 Å². The molecule has 0 bridgehead atoms. The largest absolute Gasteiger partial charge is 0.368 e. The van der Waals surface area contributed by atoms with Crippen LogP contribution in [0.1, 0.15) is 31.2 Å². The van der Waals surface area contributed by atoms with Crippen molar-refractivity contribution in [2.24, 2.45) is 5.92 Å². The molecular weight excluding hydrogens is 347 g/mol. The molecule has 2 aliphatic heterocycles. The molecule has 2 aliphatic rings. The number of halogens is 2. The van der Waals surface area contributed by atoms with Crippen molar-refractivity contribution in [1.82, 2.24) is 10.2 Å². The number of benzene rings is 1. The minimum absolute atomic E-state index is 0.0392. The average Bonchev–Trinajstić information content (AvgIpc) is 3.17. The first kappa shape index (κ1) is 18.1. The molecule has 1 N–H and O–H groups in total. The summed E-state index contributed by atoms with van der Waals surface area (Å²) in [7, 11) is 0. The van der Waals surface area contributed by atoms with Crippen molar-refractivity contribution in [3.63, 3.8) is 0 Å². The lowest BCUT2D eigenvalue weighted by Crippen LogP contribution is -2.46. The Kier molecular flexibility index (Phi) is 5.91. The predicted octanol–water partition coefficient (Wildman–Crippen LogP) is 2.51. The van der Waals surface area contributed by atoms with E-state index in [0.717, 1.165) is 12.8 Å². The maximum atomic E-state index is 13.8. The molecule has 2 saturated heterocycles. The minimum Gasteiger partial charge on any atom is -0.368 e. The van der Waals surface area contributed by atoms with Crippen molar-refractivity contribution >= 4 is 23.4 Å². The van der Waals surface area contributed by atoms with E-state index in [9.17, 15) is 14.0 Å². The van der Waals surface area contributed by atoms with Crippen LogP contribution < -0.4 is 5.32 Å². The summed E-state index contributed by atoms with van der Waals surface area (Å²) in [6, 6.07) is 4.73. The number of rotatable bonds is 4. The maximum absolute atomic E-state index is 13.8. The van der Waals surface area contributed by atoms with Crippen LogP contribution in [0.4, 0.5) is 4.39 Å². The third-order valence-electron chi connectivity index (χ3n) is 4.87. The Bertz CT molecular complexity index is 641. The summed E-state index contributed by atoms with van der Waals surface area (Å²) in [5, 5.41) is 2.82. The number of ether oxygens (including phenoxy) is 1. The van der Waals surface area contributed by atoms with Crippen molar-refractivity contribution in [2.45, 2.75) is 38.3 Å². The van der Waals surface area contributed by atoms with Crippen LogP contribution in [-0.2, 0) is 20.9 Å². The van der Waals surface area contributed by atoms with Crippen LogP contribution in [-0.4, -0.2) is 42.5 Å². The number of likely N-dealkylation sites (tertiary alicyclic amines) is 1. The van der Waals surface area contributed by atoms with E-state index < -0.39 is 5.82 Å². The molecule has 5 nitrogen and oxygen atoms in total. The van der Waals surface area contributed by atoms with Gasteiger partial charge in [-0.25, -0.2) is 4.39 Å².